The lowest BCUT2D eigenvalue weighted by Gasteiger charge is -2.32. The highest BCUT2D eigenvalue weighted by atomic mass is 16.4. The molecule has 2 rings (SSSR count). The van der Waals surface area contributed by atoms with Crippen LogP contribution in [0.25, 0.3) is 0 Å². The number of piperidine rings is 1. The number of likely N-dealkylation sites (tertiary alicyclic amines) is 1. The van der Waals surface area contributed by atoms with Crippen LogP contribution < -0.4 is 5.73 Å². The molecule has 1 aromatic rings. The van der Waals surface area contributed by atoms with E-state index < -0.39 is 0 Å². The summed E-state index contributed by atoms with van der Waals surface area (Å²) in [6, 6.07) is 7.90. The minimum atomic E-state index is 0.196. The Morgan fingerprint density at radius 2 is 2.05 bits per heavy atom. The predicted octanol–water partition coefficient (Wildman–Crippen LogP) is 2.79. The number of benzene rings is 1. The van der Waals surface area contributed by atoms with E-state index >= 15 is 0 Å². The van der Waals surface area contributed by atoms with Crippen molar-refractivity contribution >= 4 is 5.84 Å². The van der Waals surface area contributed by atoms with Gasteiger partial charge < -0.3 is 10.9 Å². The minimum absolute atomic E-state index is 0.196. The average Bonchev–Trinajstić information content (AvgIpc) is 2.49. The second-order valence-electron chi connectivity index (χ2n) is 5.65. The monoisotopic (exact) mass is 275 g/mol. The summed E-state index contributed by atoms with van der Waals surface area (Å²) in [6.45, 7) is 5.44. The van der Waals surface area contributed by atoms with E-state index in [0.29, 0.717) is 0 Å². The Hall–Kier alpha value is -1.55. The number of hydrogen-bond donors (Lipinski definition) is 2. The van der Waals surface area contributed by atoms with E-state index in [4.69, 9.17) is 10.9 Å². The van der Waals surface area contributed by atoms with Crippen molar-refractivity contribution < 1.29 is 5.21 Å². The van der Waals surface area contributed by atoms with Crippen molar-refractivity contribution in [2.24, 2.45) is 16.8 Å². The fourth-order valence-electron chi connectivity index (χ4n) is 3.04. The number of nitrogens with zero attached hydrogens (tertiary/aromatic N) is 2. The molecule has 110 valence electrons. The average molecular weight is 275 g/mol. The van der Waals surface area contributed by atoms with Crippen LogP contribution in [0.2, 0.25) is 0 Å². The van der Waals surface area contributed by atoms with Crippen LogP contribution in [0.1, 0.15) is 43.7 Å². The van der Waals surface area contributed by atoms with Crippen LogP contribution in [0.3, 0.4) is 0 Å². The Labute approximate surface area is 121 Å². The number of nitrogens with two attached hydrogens (primary N) is 1. The lowest BCUT2D eigenvalue weighted by atomic mass is 9.92. The normalized spacial score (nSPS) is 18.4. The van der Waals surface area contributed by atoms with Gasteiger partial charge in [-0.15, -0.1) is 0 Å². The second-order valence-corrected chi connectivity index (χ2v) is 5.65. The molecule has 0 bridgehead atoms. The van der Waals surface area contributed by atoms with Gasteiger partial charge in [-0.2, -0.15) is 0 Å². The molecule has 1 heterocycles. The van der Waals surface area contributed by atoms with Gasteiger partial charge in [0.25, 0.3) is 0 Å². The maximum atomic E-state index is 8.86. The van der Waals surface area contributed by atoms with Gasteiger partial charge >= 0.3 is 0 Å². The quantitative estimate of drug-likeness (QED) is 0.376. The molecule has 1 fully saturated rings. The highest BCUT2D eigenvalue weighted by molar-refractivity contribution is 5.98. The van der Waals surface area contributed by atoms with E-state index in [1.165, 1.54) is 25.7 Å². The Morgan fingerprint density at radius 1 is 1.35 bits per heavy atom. The van der Waals surface area contributed by atoms with Gasteiger partial charge in [-0.25, -0.2) is 0 Å². The molecule has 20 heavy (non-hydrogen) atoms. The lowest BCUT2D eigenvalue weighted by Crippen LogP contribution is -2.33. The molecular weight excluding hydrogens is 250 g/mol. The first-order valence-electron chi connectivity index (χ1n) is 7.52. The molecule has 4 heteroatoms. The van der Waals surface area contributed by atoms with Gasteiger partial charge in [0, 0.05) is 12.1 Å². The fourth-order valence-corrected chi connectivity index (χ4v) is 3.04. The summed E-state index contributed by atoms with van der Waals surface area (Å²) in [5.74, 6) is 1.09. The van der Waals surface area contributed by atoms with Crippen molar-refractivity contribution in [3.8, 4) is 0 Å². The van der Waals surface area contributed by atoms with E-state index in [1.807, 2.05) is 18.2 Å². The Balaban J connectivity index is 1.98. The van der Waals surface area contributed by atoms with E-state index in [1.54, 1.807) is 0 Å². The zero-order valence-electron chi connectivity index (χ0n) is 12.3. The highest BCUT2D eigenvalue weighted by Crippen LogP contribution is 2.23. The molecule has 0 unspecified atom stereocenters. The molecular formula is C16H25N3O. The zero-order chi connectivity index (χ0) is 14.4. The van der Waals surface area contributed by atoms with E-state index in [-0.39, 0.29) is 5.84 Å². The first kappa shape index (κ1) is 14.9. The number of amidine groups is 1. The largest absolute Gasteiger partial charge is 0.409 e. The zero-order valence-corrected chi connectivity index (χ0v) is 12.3. The van der Waals surface area contributed by atoms with Crippen LogP contribution in [0.15, 0.2) is 29.4 Å². The van der Waals surface area contributed by atoms with Crippen molar-refractivity contribution in [3.05, 3.63) is 35.4 Å². The summed E-state index contributed by atoms with van der Waals surface area (Å²) >= 11 is 0. The molecule has 0 spiro atoms. The molecule has 0 amide bonds. The van der Waals surface area contributed by atoms with Crippen LogP contribution >= 0.6 is 0 Å². The molecule has 4 nitrogen and oxygen atoms in total. The van der Waals surface area contributed by atoms with Crippen LogP contribution in [0.4, 0.5) is 0 Å². The van der Waals surface area contributed by atoms with Gasteiger partial charge in [-0.1, -0.05) is 49.2 Å². The SMILES string of the molecule is CCCC1CCN(Cc2ccccc2C(N)=NO)CC1. The molecule has 0 atom stereocenters. The highest BCUT2D eigenvalue weighted by Gasteiger charge is 2.19. The maximum Gasteiger partial charge on any atom is 0.170 e. The number of rotatable bonds is 5. The van der Waals surface area contributed by atoms with E-state index in [0.717, 1.165) is 36.7 Å². The number of hydrogen-bond acceptors (Lipinski definition) is 3. The fraction of sp³-hybridized carbons (Fsp3) is 0.562. The summed E-state index contributed by atoms with van der Waals surface area (Å²) in [4.78, 5) is 2.47. The standard InChI is InChI=1S/C16H25N3O/c1-2-5-13-8-10-19(11-9-13)12-14-6-3-4-7-15(14)16(17)18-20/h3-4,6-7,13,20H,2,5,8-12H2,1H3,(H2,17,18). The summed E-state index contributed by atoms with van der Waals surface area (Å²) in [7, 11) is 0. The van der Waals surface area contributed by atoms with Gasteiger partial charge in [0.2, 0.25) is 0 Å². The van der Waals surface area contributed by atoms with Gasteiger partial charge in [0.05, 0.1) is 0 Å². The predicted molar refractivity (Wildman–Crippen MR) is 81.9 cm³/mol. The Bertz CT molecular complexity index is 451. The Morgan fingerprint density at radius 3 is 2.70 bits per heavy atom. The van der Waals surface area contributed by atoms with Gasteiger partial charge in [-0.05, 0) is 37.4 Å². The molecule has 0 saturated carbocycles. The number of oxime groups is 1. The molecule has 0 aromatic heterocycles. The molecule has 1 aromatic carbocycles. The first-order valence-corrected chi connectivity index (χ1v) is 7.52. The molecule has 1 aliphatic rings. The minimum Gasteiger partial charge on any atom is -0.409 e. The summed E-state index contributed by atoms with van der Waals surface area (Å²) in [5.41, 5.74) is 7.72. The second kappa shape index (κ2) is 7.29. The van der Waals surface area contributed by atoms with Gasteiger partial charge in [0.15, 0.2) is 5.84 Å². The van der Waals surface area contributed by atoms with Gasteiger partial charge in [-0.3, -0.25) is 4.90 Å². The van der Waals surface area contributed by atoms with E-state index in [9.17, 15) is 0 Å². The van der Waals surface area contributed by atoms with Crippen LogP contribution in [-0.2, 0) is 6.54 Å². The van der Waals surface area contributed by atoms with Crippen molar-refractivity contribution in [2.75, 3.05) is 13.1 Å². The summed E-state index contributed by atoms with van der Waals surface area (Å²) < 4.78 is 0. The molecule has 0 aliphatic carbocycles. The van der Waals surface area contributed by atoms with Crippen molar-refractivity contribution in [2.45, 2.75) is 39.2 Å². The van der Waals surface area contributed by atoms with Crippen LogP contribution in [0, 0.1) is 5.92 Å². The smallest absolute Gasteiger partial charge is 0.170 e. The molecule has 0 radical (unpaired) electrons. The lowest BCUT2D eigenvalue weighted by molar-refractivity contribution is 0.171. The molecule has 1 saturated heterocycles. The third-order valence-electron chi connectivity index (χ3n) is 4.20. The van der Waals surface area contributed by atoms with E-state index in [2.05, 4.69) is 23.0 Å². The van der Waals surface area contributed by atoms with Gasteiger partial charge in [0.1, 0.15) is 0 Å². The first-order chi connectivity index (χ1) is 9.74. The third-order valence-corrected chi connectivity index (χ3v) is 4.20. The van der Waals surface area contributed by atoms with Crippen LogP contribution in [0.5, 0.6) is 0 Å². The van der Waals surface area contributed by atoms with Crippen molar-refractivity contribution in [1.29, 1.82) is 0 Å². The summed E-state index contributed by atoms with van der Waals surface area (Å²) in [5, 5.41) is 12.0. The Kier molecular flexibility index (Phi) is 5.41. The third kappa shape index (κ3) is 3.73. The maximum absolute atomic E-state index is 8.86. The van der Waals surface area contributed by atoms with Crippen molar-refractivity contribution in [3.63, 3.8) is 0 Å². The van der Waals surface area contributed by atoms with Crippen molar-refractivity contribution in [1.82, 2.24) is 4.90 Å². The topological polar surface area (TPSA) is 61.8 Å². The summed E-state index contributed by atoms with van der Waals surface area (Å²) in [6.07, 6.45) is 5.23. The molecule has 1 aliphatic heterocycles. The molecule has 3 N–H and O–H groups in total. The van der Waals surface area contributed by atoms with Crippen LogP contribution in [-0.4, -0.2) is 29.0 Å².